The Bertz CT molecular complexity index is 1510. The highest BCUT2D eigenvalue weighted by molar-refractivity contribution is 7.24. The van der Waals surface area contributed by atoms with Crippen LogP contribution in [-0.2, 0) is 0 Å². The molecule has 0 radical (unpaired) electrons. The zero-order valence-electron chi connectivity index (χ0n) is 15.0. The van der Waals surface area contributed by atoms with Crippen LogP contribution in [0.4, 0.5) is 0 Å². The van der Waals surface area contributed by atoms with E-state index < -0.39 is 5.56 Å². The van der Waals surface area contributed by atoms with Crippen LogP contribution in [0.2, 0.25) is 5.02 Å². The van der Waals surface area contributed by atoms with Crippen molar-refractivity contribution in [3.8, 4) is 17.1 Å². The Labute approximate surface area is 174 Å². The number of aromatic nitrogens is 2. The van der Waals surface area contributed by atoms with E-state index in [-0.39, 0.29) is 10.8 Å². The van der Waals surface area contributed by atoms with E-state index in [0.29, 0.717) is 32.3 Å². The minimum atomic E-state index is -0.400. The monoisotopic (exact) mass is 416 g/mol. The summed E-state index contributed by atoms with van der Waals surface area (Å²) in [5.41, 5.74) is 0.551. The number of rotatable bonds is 2. The van der Waals surface area contributed by atoms with Crippen molar-refractivity contribution in [3.05, 3.63) is 104 Å². The maximum Gasteiger partial charge on any atom is 0.271 e. The van der Waals surface area contributed by atoms with Crippen molar-refractivity contribution < 1.29 is 0 Å². The zero-order chi connectivity index (χ0) is 20.0. The third-order valence-electron chi connectivity index (χ3n) is 4.74. The van der Waals surface area contributed by atoms with Crippen molar-refractivity contribution in [3.63, 3.8) is 0 Å². The number of halogens is 1. The molecular weight excluding hydrogens is 404 g/mol. The summed E-state index contributed by atoms with van der Waals surface area (Å²) in [5, 5.41) is 1.10. The number of benzene rings is 3. The molecule has 2 aromatic heterocycles. The molecule has 4 nitrogen and oxygen atoms in total. The van der Waals surface area contributed by atoms with Crippen LogP contribution in [0.15, 0.2) is 88.5 Å². The molecule has 5 rings (SSSR count). The third kappa shape index (κ3) is 2.87. The molecule has 0 saturated carbocycles. The highest BCUT2D eigenvalue weighted by Gasteiger charge is 2.19. The molecule has 0 amide bonds. The molecule has 29 heavy (non-hydrogen) atoms. The first kappa shape index (κ1) is 17.8. The Balaban J connectivity index is 2.01. The molecule has 5 aromatic rings. The fraction of sp³-hybridized carbons (Fsp3) is 0. The van der Waals surface area contributed by atoms with Crippen LogP contribution in [0.25, 0.3) is 37.4 Å². The van der Waals surface area contributed by atoms with Gasteiger partial charge in [-0.25, -0.2) is 4.98 Å². The van der Waals surface area contributed by atoms with Crippen LogP contribution in [0, 0.1) is 0 Å². The van der Waals surface area contributed by atoms with Crippen LogP contribution < -0.4 is 11.0 Å². The van der Waals surface area contributed by atoms with Crippen LogP contribution >= 0.6 is 22.9 Å². The number of nitrogens with zero attached hydrogens (tertiary/aromatic N) is 2. The van der Waals surface area contributed by atoms with E-state index in [1.54, 1.807) is 18.2 Å². The van der Waals surface area contributed by atoms with Gasteiger partial charge in [0, 0.05) is 15.6 Å². The number of hydrogen-bond donors (Lipinski definition) is 0. The molecule has 0 fully saturated rings. The highest BCUT2D eigenvalue weighted by atomic mass is 35.5. The smallest absolute Gasteiger partial charge is 0.271 e. The average molecular weight is 417 g/mol. The predicted octanol–water partition coefficient (Wildman–Crippen LogP) is 5.28. The van der Waals surface area contributed by atoms with E-state index >= 15 is 0 Å². The van der Waals surface area contributed by atoms with Gasteiger partial charge in [0.1, 0.15) is 10.2 Å². The molecular formula is C23H13ClN2O2S. The van der Waals surface area contributed by atoms with Crippen molar-refractivity contribution in [1.29, 1.82) is 0 Å². The molecule has 0 aliphatic carbocycles. The van der Waals surface area contributed by atoms with E-state index in [1.807, 2.05) is 60.7 Å². The normalized spacial score (nSPS) is 11.2. The van der Waals surface area contributed by atoms with Crippen LogP contribution in [0.5, 0.6) is 0 Å². The molecule has 0 aliphatic rings. The van der Waals surface area contributed by atoms with Gasteiger partial charge in [-0.05, 0) is 36.4 Å². The van der Waals surface area contributed by atoms with Crippen LogP contribution in [0.3, 0.4) is 0 Å². The molecule has 140 valence electrons. The van der Waals surface area contributed by atoms with E-state index in [0.717, 1.165) is 4.70 Å². The van der Waals surface area contributed by atoms with Gasteiger partial charge in [-0.3, -0.25) is 14.2 Å². The second kappa shape index (κ2) is 6.95. The first-order chi connectivity index (χ1) is 14.1. The number of fused-ring (bicyclic) bond motifs is 2. The topological polar surface area (TPSA) is 52.0 Å². The molecule has 2 heterocycles. The van der Waals surface area contributed by atoms with E-state index in [2.05, 4.69) is 0 Å². The van der Waals surface area contributed by atoms with Gasteiger partial charge in [0.25, 0.3) is 5.56 Å². The van der Waals surface area contributed by atoms with Crippen molar-refractivity contribution >= 4 is 43.2 Å². The molecule has 6 heteroatoms. The Morgan fingerprint density at radius 1 is 0.828 bits per heavy atom. The Morgan fingerprint density at radius 3 is 2.31 bits per heavy atom. The van der Waals surface area contributed by atoms with Crippen molar-refractivity contribution in [2.45, 2.75) is 0 Å². The predicted molar refractivity (Wildman–Crippen MR) is 119 cm³/mol. The second-order valence-electron chi connectivity index (χ2n) is 6.50. The summed E-state index contributed by atoms with van der Waals surface area (Å²) >= 11 is 7.76. The summed E-state index contributed by atoms with van der Waals surface area (Å²) in [7, 11) is 0. The van der Waals surface area contributed by atoms with Crippen LogP contribution in [0.1, 0.15) is 0 Å². The van der Waals surface area contributed by atoms with Gasteiger partial charge in [0.15, 0.2) is 5.82 Å². The first-order valence-electron chi connectivity index (χ1n) is 8.94. The zero-order valence-corrected chi connectivity index (χ0v) is 16.6. The maximum atomic E-state index is 13.6. The van der Waals surface area contributed by atoms with Gasteiger partial charge >= 0.3 is 0 Å². The molecule has 0 saturated heterocycles. The summed E-state index contributed by atoms with van der Waals surface area (Å²) in [4.78, 5) is 31.9. The lowest BCUT2D eigenvalue weighted by molar-refractivity contribution is 0.977. The van der Waals surface area contributed by atoms with Crippen molar-refractivity contribution in [2.24, 2.45) is 0 Å². The number of para-hydroxylation sites is 1. The minimum Gasteiger partial charge on any atom is -0.288 e. The lowest BCUT2D eigenvalue weighted by atomic mass is 10.1. The van der Waals surface area contributed by atoms with Gasteiger partial charge < -0.3 is 0 Å². The first-order valence-corrected chi connectivity index (χ1v) is 10.1. The largest absolute Gasteiger partial charge is 0.288 e. The Kier molecular flexibility index (Phi) is 4.27. The highest BCUT2D eigenvalue weighted by Crippen LogP contribution is 2.30. The minimum absolute atomic E-state index is 0.0911. The molecule has 0 spiro atoms. The maximum absolute atomic E-state index is 13.6. The SMILES string of the molecule is O=c1c2ccccc2sc2nc(-c3ccccc3Cl)n(-c3ccccc3)c(=O)c12. The summed E-state index contributed by atoms with van der Waals surface area (Å²) in [6.45, 7) is 0. The lowest BCUT2D eigenvalue weighted by Crippen LogP contribution is -2.26. The molecule has 0 unspecified atom stereocenters. The fourth-order valence-electron chi connectivity index (χ4n) is 3.39. The molecule has 0 atom stereocenters. The van der Waals surface area contributed by atoms with Gasteiger partial charge in [0.2, 0.25) is 5.43 Å². The summed E-state index contributed by atoms with van der Waals surface area (Å²) in [6, 6.07) is 23.7. The molecule has 0 N–H and O–H groups in total. The average Bonchev–Trinajstić information content (AvgIpc) is 2.74. The van der Waals surface area contributed by atoms with Gasteiger partial charge in [-0.2, -0.15) is 0 Å². The second-order valence-corrected chi connectivity index (χ2v) is 7.94. The van der Waals surface area contributed by atoms with Gasteiger partial charge in [-0.15, -0.1) is 11.3 Å². The van der Waals surface area contributed by atoms with Gasteiger partial charge in [0.05, 0.1) is 10.7 Å². The van der Waals surface area contributed by atoms with Crippen LogP contribution in [-0.4, -0.2) is 9.55 Å². The Hall–Kier alpha value is -3.28. The fourth-order valence-corrected chi connectivity index (χ4v) is 4.65. The molecule has 0 aliphatic heterocycles. The van der Waals surface area contributed by atoms with E-state index in [4.69, 9.17) is 16.6 Å². The summed E-state index contributed by atoms with van der Waals surface area (Å²) < 4.78 is 2.26. The van der Waals surface area contributed by atoms with Gasteiger partial charge in [-0.1, -0.05) is 54.1 Å². The molecule has 0 bridgehead atoms. The Morgan fingerprint density at radius 2 is 1.52 bits per heavy atom. The van der Waals surface area contributed by atoms with E-state index in [1.165, 1.54) is 15.9 Å². The molecule has 3 aromatic carbocycles. The lowest BCUT2D eigenvalue weighted by Gasteiger charge is -2.14. The summed E-state index contributed by atoms with van der Waals surface area (Å²) in [5.74, 6) is 0.408. The third-order valence-corrected chi connectivity index (χ3v) is 6.14. The van der Waals surface area contributed by atoms with Crippen molar-refractivity contribution in [2.75, 3.05) is 0 Å². The number of hydrogen-bond acceptors (Lipinski definition) is 4. The van der Waals surface area contributed by atoms with Crippen molar-refractivity contribution in [1.82, 2.24) is 9.55 Å². The standard InChI is InChI=1S/C23H13ClN2O2S/c24-17-12-6-4-10-15(17)21-25-22-19(20(27)16-11-5-7-13-18(16)29-22)23(28)26(21)14-8-2-1-3-9-14/h1-13H. The van der Waals surface area contributed by atoms with E-state index in [9.17, 15) is 9.59 Å². The quantitative estimate of drug-likeness (QED) is 0.368. The summed E-state index contributed by atoms with van der Waals surface area (Å²) in [6.07, 6.45) is 0.